The minimum Gasteiger partial charge on any atom is -0.306 e. The highest BCUT2D eigenvalue weighted by atomic mass is 79.9. The number of benzene rings is 1. The number of hydrogen-bond acceptors (Lipinski definition) is 2. The number of rotatable bonds is 5. The van der Waals surface area contributed by atoms with Gasteiger partial charge in [0.2, 0.25) is 0 Å². The number of hydrogen-bond donors (Lipinski definition) is 1. The lowest BCUT2D eigenvalue weighted by atomic mass is 10.0. The molecule has 0 amide bonds. The van der Waals surface area contributed by atoms with Gasteiger partial charge in [-0.25, -0.2) is 4.39 Å². The highest BCUT2D eigenvalue weighted by Gasteiger charge is 2.21. The molecule has 0 fully saturated rings. The molecule has 0 saturated heterocycles. The highest BCUT2D eigenvalue weighted by molar-refractivity contribution is 9.10. The highest BCUT2D eigenvalue weighted by Crippen LogP contribution is 2.36. The SMILES string of the molecule is CCCNC(c1cc(C)c(Cl)s1)c1cccc(Br)c1F. The van der Waals surface area contributed by atoms with Crippen molar-refractivity contribution in [3.8, 4) is 0 Å². The van der Waals surface area contributed by atoms with Crippen molar-refractivity contribution in [3.05, 3.63) is 54.9 Å². The Labute approximate surface area is 136 Å². The maximum absolute atomic E-state index is 14.4. The van der Waals surface area contributed by atoms with Gasteiger partial charge in [0, 0.05) is 10.4 Å². The lowest BCUT2D eigenvalue weighted by Crippen LogP contribution is -2.23. The van der Waals surface area contributed by atoms with E-state index in [0.717, 1.165) is 27.7 Å². The third-order valence-corrected chi connectivity index (χ3v) is 5.28. The summed E-state index contributed by atoms with van der Waals surface area (Å²) < 4.78 is 15.6. The maximum Gasteiger partial charge on any atom is 0.142 e. The van der Waals surface area contributed by atoms with E-state index >= 15 is 0 Å². The van der Waals surface area contributed by atoms with Gasteiger partial charge < -0.3 is 5.32 Å². The fourth-order valence-corrected chi connectivity index (χ4v) is 3.72. The Morgan fingerprint density at radius 2 is 2.20 bits per heavy atom. The van der Waals surface area contributed by atoms with Crippen LogP contribution in [-0.4, -0.2) is 6.54 Å². The molecule has 1 N–H and O–H groups in total. The summed E-state index contributed by atoms with van der Waals surface area (Å²) in [5, 5.41) is 3.40. The van der Waals surface area contributed by atoms with Crippen LogP contribution in [0.2, 0.25) is 4.34 Å². The lowest BCUT2D eigenvalue weighted by molar-refractivity contribution is 0.547. The van der Waals surface area contributed by atoms with Gasteiger partial charge in [-0.1, -0.05) is 30.7 Å². The largest absolute Gasteiger partial charge is 0.306 e. The molecule has 20 heavy (non-hydrogen) atoms. The van der Waals surface area contributed by atoms with Crippen molar-refractivity contribution < 1.29 is 4.39 Å². The van der Waals surface area contributed by atoms with Crippen molar-refractivity contribution in [1.29, 1.82) is 0 Å². The van der Waals surface area contributed by atoms with E-state index in [1.807, 2.05) is 25.1 Å². The van der Waals surface area contributed by atoms with Crippen LogP contribution in [-0.2, 0) is 0 Å². The van der Waals surface area contributed by atoms with Crippen LogP contribution in [0.1, 0.15) is 35.4 Å². The summed E-state index contributed by atoms with van der Waals surface area (Å²) in [4.78, 5) is 1.04. The zero-order chi connectivity index (χ0) is 14.7. The van der Waals surface area contributed by atoms with E-state index in [1.54, 1.807) is 6.07 Å². The zero-order valence-electron chi connectivity index (χ0n) is 11.3. The van der Waals surface area contributed by atoms with Gasteiger partial charge in [0.25, 0.3) is 0 Å². The average molecular weight is 377 g/mol. The summed E-state index contributed by atoms with van der Waals surface area (Å²) >= 11 is 10.9. The van der Waals surface area contributed by atoms with Crippen LogP contribution in [0.15, 0.2) is 28.7 Å². The first-order valence-corrected chi connectivity index (χ1v) is 8.46. The Morgan fingerprint density at radius 3 is 2.80 bits per heavy atom. The van der Waals surface area contributed by atoms with Crippen LogP contribution in [0.25, 0.3) is 0 Å². The van der Waals surface area contributed by atoms with Crippen molar-refractivity contribution in [2.45, 2.75) is 26.3 Å². The first-order valence-electron chi connectivity index (χ1n) is 6.47. The molecule has 1 nitrogen and oxygen atoms in total. The number of aryl methyl sites for hydroxylation is 1. The number of nitrogens with one attached hydrogen (secondary N) is 1. The summed E-state index contributed by atoms with van der Waals surface area (Å²) in [6.45, 7) is 4.88. The molecular weight excluding hydrogens is 361 g/mol. The Bertz CT molecular complexity index is 580. The minimum absolute atomic E-state index is 0.163. The Kier molecular flexibility index (Phi) is 5.61. The van der Waals surface area contributed by atoms with Gasteiger partial charge in [0.15, 0.2) is 0 Å². The van der Waals surface area contributed by atoms with E-state index in [2.05, 4.69) is 28.2 Å². The average Bonchev–Trinajstić information content (AvgIpc) is 2.74. The summed E-state index contributed by atoms with van der Waals surface area (Å²) in [6.07, 6.45) is 0.990. The van der Waals surface area contributed by atoms with Crippen LogP contribution in [0.5, 0.6) is 0 Å². The van der Waals surface area contributed by atoms with Crippen LogP contribution in [0.3, 0.4) is 0 Å². The molecule has 0 radical (unpaired) electrons. The van der Waals surface area contributed by atoms with Gasteiger partial charge >= 0.3 is 0 Å². The third-order valence-electron chi connectivity index (χ3n) is 3.05. The number of thiophene rings is 1. The Hall–Kier alpha value is -0.420. The van der Waals surface area contributed by atoms with Crippen LogP contribution in [0.4, 0.5) is 4.39 Å². The van der Waals surface area contributed by atoms with Gasteiger partial charge in [-0.2, -0.15) is 0 Å². The summed E-state index contributed by atoms with van der Waals surface area (Å²) in [5.41, 5.74) is 1.68. The lowest BCUT2D eigenvalue weighted by Gasteiger charge is -2.18. The second-order valence-electron chi connectivity index (χ2n) is 4.64. The van der Waals surface area contributed by atoms with Gasteiger partial charge in [-0.05, 0) is 53.5 Å². The first-order chi connectivity index (χ1) is 9.54. The molecule has 0 spiro atoms. The predicted octanol–water partition coefficient (Wildman–Crippen LogP) is 5.70. The van der Waals surface area contributed by atoms with Crippen molar-refractivity contribution in [2.24, 2.45) is 0 Å². The Morgan fingerprint density at radius 1 is 1.45 bits per heavy atom. The molecule has 0 bridgehead atoms. The quantitative estimate of drug-likeness (QED) is 0.705. The van der Waals surface area contributed by atoms with Crippen molar-refractivity contribution in [3.63, 3.8) is 0 Å². The first kappa shape index (κ1) is 16.0. The normalized spacial score (nSPS) is 12.7. The Balaban J connectivity index is 2.44. The molecular formula is C15H16BrClFNS. The van der Waals surface area contributed by atoms with E-state index < -0.39 is 0 Å². The summed E-state index contributed by atoms with van der Waals surface area (Å²) in [5.74, 6) is -0.219. The second-order valence-corrected chi connectivity index (χ2v) is 7.18. The molecule has 2 aromatic rings. The summed E-state index contributed by atoms with van der Waals surface area (Å²) in [7, 11) is 0. The molecule has 0 aliphatic rings. The van der Waals surface area contributed by atoms with Crippen LogP contribution < -0.4 is 5.32 Å². The number of halogens is 3. The zero-order valence-corrected chi connectivity index (χ0v) is 14.5. The topological polar surface area (TPSA) is 12.0 Å². The van der Waals surface area contributed by atoms with Crippen molar-refractivity contribution in [2.75, 3.05) is 6.54 Å². The maximum atomic E-state index is 14.4. The van der Waals surface area contributed by atoms with E-state index in [9.17, 15) is 4.39 Å². The van der Waals surface area contributed by atoms with Gasteiger partial charge in [0.05, 0.1) is 14.9 Å². The fraction of sp³-hybridized carbons (Fsp3) is 0.333. The second kappa shape index (κ2) is 7.03. The van der Waals surface area contributed by atoms with Gasteiger partial charge in [0.1, 0.15) is 5.82 Å². The third kappa shape index (κ3) is 3.42. The molecule has 2 rings (SSSR count). The van der Waals surface area contributed by atoms with E-state index in [0.29, 0.717) is 10.0 Å². The molecule has 1 unspecified atom stereocenters. The standard InChI is InChI=1S/C15H16BrClFNS/c1-3-7-19-14(12-8-9(2)15(17)20-12)10-5-4-6-11(16)13(10)18/h4-6,8,14,19H,3,7H2,1-2H3. The molecule has 1 aromatic heterocycles. The van der Waals surface area contributed by atoms with Crippen LogP contribution >= 0.6 is 38.9 Å². The molecule has 1 aromatic carbocycles. The van der Waals surface area contributed by atoms with Gasteiger partial charge in [-0.15, -0.1) is 11.3 Å². The van der Waals surface area contributed by atoms with Crippen LogP contribution in [0, 0.1) is 12.7 Å². The van der Waals surface area contributed by atoms with Crippen molar-refractivity contribution >= 4 is 38.9 Å². The van der Waals surface area contributed by atoms with E-state index in [4.69, 9.17) is 11.6 Å². The minimum atomic E-state index is -0.219. The molecule has 108 valence electrons. The van der Waals surface area contributed by atoms with E-state index in [1.165, 1.54) is 11.3 Å². The molecule has 1 heterocycles. The smallest absolute Gasteiger partial charge is 0.142 e. The van der Waals surface area contributed by atoms with Gasteiger partial charge in [-0.3, -0.25) is 0 Å². The monoisotopic (exact) mass is 375 g/mol. The molecule has 0 saturated carbocycles. The molecule has 5 heteroatoms. The molecule has 1 atom stereocenters. The fourth-order valence-electron chi connectivity index (χ4n) is 2.02. The summed E-state index contributed by atoms with van der Waals surface area (Å²) in [6, 6.07) is 7.24. The van der Waals surface area contributed by atoms with Crippen molar-refractivity contribution in [1.82, 2.24) is 5.32 Å². The molecule has 0 aliphatic carbocycles. The predicted molar refractivity (Wildman–Crippen MR) is 88.3 cm³/mol. The van der Waals surface area contributed by atoms with E-state index in [-0.39, 0.29) is 11.9 Å². The molecule has 0 aliphatic heterocycles.